The molecule has 1 saturated heterocycles. The van der Waals surface area contributed by atoms with Gasteiger partial charge in [0.25, 0.3) is 0 Å². The summed E-state index contributed by atoms with van der Waals surface area (Å²) in [6.07, 6.45) is 2.48. The van der Waals surface area contributed by atoms with Gasteiger partial charge >= 0.3 is 0 Å². The highest BCUT2D eigenvalue weighted by Crippen LogP contribution is 2.22. The lowest BCUT2D eigenvalue weighted by Crippen LogP contribution is -2.38. The number of hydrogen-bond donors (Lipinski definition) is 2. The van der Waals surface area contributed by atoms with Crippen molar-refractivity contribution in [2.24, 2.45) is 5.92 Å². The summed E-state index contributed by atoms with van der Waals surface area (Å²) in [6.45, 7) is 3.70. The highest BCUT2D eigenvalue weighted by Gasteiger charge is 2.20. The fraction of sp³-hybridized carbons (Fsp3) is 0.500. The van der Waals surface area contributed by atoms with Crippen molar-refractivity contribution in [3.8, 4) is 0 Å². The van der Waals surface area contributed by atoms with Crippen molar-refractivity contribution in [2.45, 2.75) is 25.8 Å². The number of hydrogen-bond acceptors (Lipinski definition) is 6. The van der Waals surface area contributed by atoms with Crippen molar-refractivity contribution in [3.05, 3.63) is 39.9 Å². The normalized spacial score (nSPS) is 15.8. The Morgan fingerprint density at radius 3 is 2.77 bits per heavy atom. The van der Waals surface area contributed by atoms with E-state index in [9.17, 15) is 4.79 Å². The van der Waals surface area contributed by atoms with E-state index in [0.717, 1.165) is 54.2 Å². The number of halogens is 1. The number of amides is 1. The van der Waals surface area contributed by atoms with Crippen molar-refractivity contribution >= 4 is 34.0 Å². The maximum atomic E-state index is 12.1. The monoisotopic (exact) mass is 393 g/mol. The third kappa shape index (κ3) is 5.40. The molecule has 1 aliphatic heterocycles. The van der Waals surface area contributed by atoms with E-state index < -0.39 is 0 Å². The molecular formula is C18H24ClN5OS. The van der Waals surface area contributed by atoms with E-state index in [2.05, 4.69) is 31.8 Å². The summed E-state index contributed by atoms with van der Waals surface area (Å²) in [5.74, 6) is 0.547. The summed E-state index contributed by atoms with van der Waals surface area (Å²) < 4.78 is 0. The Bertz CT molecular complexity index is 730. The predicted octanol–water partition coefficient (Wildman–Crippen LogP) is 2.80. The van der Waals surface area contributed by atoms with E-state index in [4.69, 9.17) is 11.6 Å². The molecule has 2 N–H and O–H groups in total. The maximum Gasteiger partial charge on any atom is 0.226 e. The second kappa shape index (κ2) is 9.30. The molecular weight excluding hydrogens is 370 g/mol. The smallest absolute Gasteiger partial charge is 0.226 e. The molecule has 2 heterocycles. The number of aromatic nitrogens is 2. The van der Waals surface area contributed by atoms with Gasteiger partial charge < -0.3 is 10.6 Å². The van der Waals surface area contributed by atoms with E-state index in [1.54, 1.807) is 7.05 Å². The molecule has 1 fully saturated rings. The first kappa shape index (κ1) is 19.1. The predicted molar refractivity (Wildman–Crippen MR) is 106 cm³/mol. The summed E-state index contributed by atoms with van der Waals surface area (Å²) in [7, 11) is 1.79. The van der Waals surface area contributed by atoms with E-state index in [0.29, 0.717) is 12.3 Å². The molecule has 1 amide bonds. The number of carbonyl (C=O) groups excluding carboxylic acids is 1. The fourth-order valence-electron chi connectivity index (χ4n) is 3.10. The number of rotatable bonds is 7. The molecule has 1 aromatic carbocycles. The van der Waals surface area contributed by atoms with Crippen LogP contribution in [-0.4, -0.2) is 47.7 Å². The molecule has 0 spiro atoms. The third-order valence-electron chi connectivity index (χ3n) is 4.64. The lowest BCUT2D eigenvalue weighted by molar-refractivity contribution is -0.120. The molecule has 26 heavy (non-hydrogen) atoms. The van der Waals surface area contributed by atoms with Gasteiger partial charge in [0.1, 0.15) is 5.01 Å². The Balaban J connectivity index is 1.37. The molecule has 6 nitrogen and oxygen atoms in total. The van der Waals surface area contributed by atoms with Crippen molar-refractivity contribution in [3.63, 3.8) is 0 Å². The molecule has 8 heteroatoms. The summed E-state index contributed by atoms with van der Waals surface area (Å²) in [4.78, 5) is 14.5. The van der Waals surface area contributed by atoms with E-state index in [-0.39, 0.29) is 5.91 Å². The van der Waals surface area contributed by atoms with Crippen molar-refractivity contribution in [1.29, 1.82) is 0 Å². The highest BCUT2D eigenvalue weighted by atomic mass is 35.5. The topological polar surface area (TPSA) is 70.1 Å². The zero-order valence-electron chi connectivity index (χ0n) is 14.9. The number of likely N-dealkylation sites (tertiary alicyclic amines) is 1. The van der Waals surface area contributed by atoms with Gasteiger partial charge in [0.05, 0.1) is 6.42 Å². The van der Waals surface area contributed by atoms with Crippen LogP contribution in [0.15, 0.2) is 24.3 Å². The first-order valence-electron chi connectivity index (χ1n) is 8.86. The minimum absolute atomic E-state index is 0.0160. The molecule has 0 aliphatic carbocycles. The van der Waals surface area contributed by atoms with Crippen LogP contribution in [0.25, 0.3) is 0 Å². The quantitative estimate of drug-likeness (QED) is 0.756. The molecule has 0 saturated carbocycles. The van der Waals surface area contributed by atoms with Gasteiger partial charge in [0, 0.05) is 25.2 Å². The molecule has 0 bridgehead atoms. The van der Waals surface area contributed by atoms with Gasteiger partial charge in [-0.2, -0.15) is 0 Å². The molecule has 1 aliphatic rings. The van der Waals surface area contributed by atoms with Crippen LogP contribution in [0.5, 0.6) is 0 Å². The Kier molecular flexibility index (Phi) is 6.82. The average molecular weight is 394 g/mol. The molecule has 140 valence electrons. The number of carbonyl (C=O) groups is 1. The van der Waals surface area contributed by atoms with E-state index in [1.807, 2.05) is 18.2 Å². The Morgan fingerprint density at radius 2 is 2.08 bits per heavy atom. The lowest BCUT2D eigenvalue weighted by atomic mass is 9.96. The zero-order chi connectivity index (χ0) is 18.4. The molecule has 0 unspecified atom stereocenters. The largest absolute Gasteiger partial charge is 0.363 e. The third-order valence-corrected chi connectivity index (χ3v) is 5.95. The number of anilines is 1. The average Bonchev–Trinajstić information content (AvgIpc) is 3.10. The summed E-state index contributed by atoms with van der Waals surface area (Å²) in [5, 5.41) is 16.2. The standard InChI is InChI=1S/C18H24ClN5OS/c1-20-18-23-22-17(26-18)10-16(25)21-11-13-6-8-24(9-7-13)12-14-4-2-3-5-15(14)19/h2-5,13H,6-12H2,1H3,(H,20,23)(H,21,25). The van der Waals surface area contributed by atoms with Gasteiger partial charge in [-0.1, -0.05) is 41.1 Å². The van der Waals surface area contributed by atoms with Crippen LogP contribution in [-0.2, 0) is 17.8 Å². The first-order chi connectivity index (χ1) is 12.6. The molecule has 1 aromatic heterocycles. The minimum atomic E-state index is 0.0160. The Labute approximate surface area is 163 Å². The van der Waals surface area contributed by atoms with Crippen LogP contribution in [0.1, 0.15) is 23.4 Å². The van der Waals surface area contributed by atoms with Gasteiger partial charge in [-0.25, -0.2) is 0 Å². The van der Waals surface area contributed by atoms with E-state index >= 15 is 0 Å². The molecule has 0 radical (unpaired) electrons. The zero-order valence-corrected chi connectivity index (χ0v) is 16.4. The van der Waals surface area contributed by atoms with Gasteiger partial charge in [0.15, 0.2) is 0 Å². The summed E-state index contributed by atoms with van der Waals surface area (Å²) in [5.41, 5.74) is 1.18. The van der Waals surface area contributed by atoms with Gasteiger partial charge in [0.2, 0.25) is 11.0 Å². The van der Waals surface area contributed by atoms with Crippen LogP contribution >= 0.6 is 22.9 Å². The minimum Gasteiger partial charge on any atom is -0.363 e. The molecule has 3 rings (SSSR count). The van der Waals surface area contributed by atoms with Crippen LogP contribution in [0.4, 0.5) is 5.13 Å². The molecule has 2 aromatic rings. The van der Waals surface area contributed by atoms with Gasteiger partial charge in [-0.15, -0.1) is 10.2 Å². The number of benzene rings is 1. The Morgan fingerprint density at radius 1 is 1.31 bits per heavy atom. The maximum absolute atomic E-state index is 12.1. The van der Waals surface area contributed by atoms with Crippen molar-refractivity contribution in [1.82, 2.24) is 20.4 Å². The second-order valence-electron chi connectivity index (χ2n) is 6.54. The fourth-order valence-corrected chi connectivity index (χ4v) is 3.99. The number of nitrogens with zero attached hydrogens (tertiary/aromatic N) is 3. The summed E-state index contributed by atoms with van der Waals surface area (Å²) in [6, 6.07) is 8.02. The SMILES string of the molecule is CNc1nnc(CC(=O)NCC2CCN(Cc3ccccc3Cl)CC2)s1. The number of nitrogens with one attached hydrogen (secondary N) is 2. The van der Waals surface area contributed by atoms with E-state index in [1.165, 1.54) is 16.9 Å². The lowest BCUT2D eigenvalue weighted by Gasteiger charge is -2.32. The van der Waals surface area contributed by atoms with Crippen LogP contribution < -0.4 is 10.6 Å². The van der Waals surface area contributed by atoms with Gasteiger partial charge in [-0.3, -0.25) is 9.69 Å². The molecule has 0 atom stereocenters. The highest BCUT2D eigenvalue weighted by molar-refractivity contribution is 7.15. The first-order valence-corrected chi connectivity index (χ1v) is 10.1. The van der Waals surface area contributed by atoms with Gasteiger partial charge in [-0.05, 0) is 43.5 Å². The number of piperidine rings is 1. The van der Waals surface area contributed by atoms with Crippen LogP contribution in [0, 0.1) is 5.92 Å². The van der Waals surface area contributed by atoms with Crippen LogP contribution in [0.3, 0.4) is 0 Å². The van der Waals surface area contributed by atoms with Crippen molar-refractivity contribution < 1.29 is 4.79 Å². The van der Waals surface area contributed by atoms with Crippen LogP contribution in [0.2, 0.25) is 5.02 Å². The second-order valence-corrected chi connectivity index (χ2v) is 8.01. The van der Waals surface area contributed by atoms with Crippen molar-refractivity contribution in [2.75, 3.05) is 32.0 Å². The summed E-state index contributed by atoms with van der Waals surface area (Å²) >= 11 is 7.66. The Hall–Kier alpha value is -1.70.